The molecule has 0 fully saturated rings. The van der Waals surface area contributed by atoms with Gasteiger partial charge >= 0.3 is 0 Å². The summed E-state index contributed by atoms with van der Waals surface area (Å²) < 4.78 is 26.3. The van der Waals surface area contributed by atoms with Gasteiger partial charge in [-0.1, -0.05) is 44.0 Å². The highest BCUT2D eigenvalue weighted by molar-refractivity contribution is 7.89. The predicted octanol–water partition coefficient (Wildman–Crippen LogP) is 3.15. The minimum atomic E-state index is -3.75. The lowest BCUT2D eigenvalue weighted by Crippen LogP contribution is -2.34. The van der Waals surface area contributed by atoms with Crippen LogP contribution < -0.4 is 0 Å². The van der Waals surface area contributed by atoms with E-state index < -0.39 is 10.0 Å². The van der Waals surface area contributed by atoms with E-state index in [1.807, 2.05) is 20.8 Å². The molecule has 114 valence electrons. The van der Waals surface area contributed by atoms with E-state index in [2.05, 4.69) is 0 Å². The van der Waals surface area contributed by atoms with E-state index >= 15 is 0 Å². The van der Waals surface area contributed by atoms with E-state index in [1.54, 1.807) is 0 Å². The Morgan fingerprint density at radius 3 is 2.25 bits per heavy atom. The highest BCUT2D eigenvalue weighted by Gasteiger charge is 2.28. The number of benzene rings is 1. The van der Waals surface area contributed by atoms with Gasteiger partial charge in [0, 0.05) is 18.6 Å². The fourth-order valence-electron chi connectivity index (χ4n) is 1.84. The van der Waals surface area contributed by atoms with Crippen molar-refractivity contribution in [2.45, 2.75) is 32.3 Å². The van der Waals surface area contributed by atoms with Gasteiger partial charge in [0.25, 0.3) is 0 Å². The Balaban J connectivity index is 3.32. The van der Waals surface area contributed by atoms with Crippen LogP contribution in [0.5, 0.6) is 0 Å². The summed E-state index contributed by atoms with van der Waals surface area (Å²) >= 11 is 11.9. The van der Waals surface area contributed by atoms with Gasteiger partial charge < -0.3 is 5.11 Å². The maximum absolute atomic E-state index is 12.6. The predicted molar refractivity (Wildman–Crippen MR) is 81.7 cm³/mol. The van der Waals surface area contributed by atoms with Crippen LogP contribution in [-0.2, 0) is 16.6 Å². The monoisotopic (exact) mass is 339 g/mol. The Morgan fingerprint density at radius 1 is 1.25 bits per heavy atom. The molecular formula is C13H19Cl2NO3S. The number of sulfonamides is 1. The van der Waals surface area contributed by atoms with Crippen molar-refractivity contribution < 1.29 is 13.5 Å². The number of aliphatic hydroxyl groups excluding tert-OH is 1. The summed E-state index contributed by atoms with van der Waals surface area (Å²) in [4.78, 5) is -0.0810. The standard InChI is InChI=1S/C13H19Cl2NO3S/c1-13(2,3)8-16(4)20(18,19)11-6-10(14)5-9(7-17)12(11)15/h5-6,17H,7-8H2,1-4H3. The lowest BCUT2D eigenvalue weighted by atomic mass is 9.97. The molecule has 1 aromatic carbocycles. The van der Waals surface area contributed by atoms with Gasteiger partial charge in [-0.3, -0.25) is 0 Å². The molecule has 0 heterocycles. The molecule has 4 nitrogen and oxygen atoms in total. The molecule has 1 aromatic rings. The third-order valence-electron chi connectivity index (χ3n) is 2.63. The van der Waals surface area contributed by atoms with Crippen molar-refractivity contribution in [2.24, 2.45) is 5.41 Å². The Hall–Kier alpha value is -0.330. The first-order valence-corrected chi connectivity index (χ1v) is 8.24. The summed E-state index contributed by atoms with van der Waals surface area (Å²) in [5, 5.41) is 9.44. The maximum Gasteiger partial charge on any atom is 0.244 e. The van der Waals surface area contributed by atoms with Gasteiger partial charge in [0.15, 0.2) is 0 Å². The van der Waals surface area contributed by atoms with Crippen molar-refractivity contribution in [1.29, 1.82) is 0 Å². The third-order valence-corrected chi connectivity index (χ3v) is 5.24. The number of aliphatic hydroxyl groups is 1. The number of rotatable bonds is 4. The van der Waals surface area contributed by atoms with E-state index in [0.29, 0.717) is 12.1 Å². The van der Waals surface area contributed by atoms with Crippen LogP contribution >= 0.6 is 23.2 Å². The first-order chi connectivity index (χ1) is 8.99. The first kappa shape index (κ1) is 17.7. The molecule has 0 aliphatic heterocycles. The van der Waals surface area contributed by atoms with Crippen molar-refractivity contribution in [3.8, 4) is 0 Å². The average Bonchev–Trinajstić information content (AvgIpc) is 2.29. The number of hydrogen-bond acceptors (Lipinski definition) is 3. The molecule has 0 saturated heterocycles. The van der Waals surface area contributed by atoms with Gasteiger partial charge in [0.2, 0.25) is 10.0 Å². The minimum Gasteiger partial charge on any atom is -0.392 e. The van der Waals surface area contributed by atoms with Crippen LogP contribution in [0.1, 0.15) is 26.3 Å². The van der Waals surface area contributed by atoms with Gasteiger partial charge in [-0.05, 0) is 23.1 Å². The van der Waals surface area contributed by atoms with Crippen molar-refractivity contribution in [1.82, 2.24) is 4.31 Å². The summed E-state index contributed by atoms with van der Waals surface area (Å²) in [6.07, 6.45) is 0. The van der Waals surface area contributed by atoms with E-state index in [9.17, 15) is 13.5 Å². The Bertz CT molecular complexity index is 594. The smallest absolute Gasteiger partial charge is 0.244 e. The zero-order valence-electron chi connectivity index (χ0n) is 11.9. The number of hydrogen-bond donors (Lipinski definition) is 1. The number of nitrogens with zero attached hydrogens (tertiary/aromatic N) is 1. The third kappa shape index (κ3) is 4.09. The molecule has 0 saturated carbocycles. The maximum atomic E-state index is 12.6. The van der Waals surface area contributed by atoms with Crippen LogP contribution in [-0.4, -0.2) is 31.4 Å². The molecule has 0 unspecified atom stereocenters. The lowest BCUT2D eigenvalue weighted by molar-refractivity contribution is 0.281. The molecule has 0 aliphatic rings. The minimum absolute atomic E-state index is 0.0117. The summed E-state index contributed by atoms with van der Waals surface area (Å²) in [7, 11) is -2.26. The second-order valence-electron chi connectivity index (χ2n) is 5.86. The molecule has 20 heavy (non-hydrogen) atoms. The van der Waals surface area contributed by atoms with Gasteiger partial charge in [0.1, 0.15) is 4.90 Å². The fraction of sp³-hybridized carbons (Fsp3) is 0.538. The highest BCUT2D eigenvalue weighted by Crippen LogP contribution is 2.32. The summed E-state index contributed by atoms with van der Waals surface area (Å²) in [6, 6.07) is 2.75. The van der Waals surface area contributed by atoms with Crippen LogP contribution in [0.15, 0.2) is 17.0 Å². The lowest BCUT2D eigenvalue weighted by Gasteiger charge is -2.26. The molecule has 1 rings (SSSR count). The molecule has 0 atom stereocenters. The first-order valence-electron chi connectivity index (χ1n) is 6.04. The highest BCUT2D eigenvalue weighted by atomic mass is 35.5. The van der Waals surface area contributed by atoms with Gasteiger partial charge in [-0.15, -0.1) is 0 Å². The SMILES string of the molecule is CN(CC(C)(C)C)S(=O)(=O)c1cc(Cl)cc(CO)c1Cl. The van der Waals surface area contributed by atoms with Crippen molar-refractivity contribution in [3.05, 3.63) is 27.7 Å². The van der Waals surface area contributed by atoms with Crippen LogP contribution in [0.4, 0.5) is 0 Å². The quantitative estimate of drug-likeness (QED) is 0.916. The van der Waals surface area contributed by atoms with E-state index in [0.717, 1.165) is 0 Å². The van der Waals surface area contributed by atoms with E-state index in [4.69, 9.17) is 23.2 Å². The normalized spacial score (nSPS) is 13.0. The van der Waals surface area contributed by atoms with Crippen LogP contribution in [0.25, 0.3) is 0 Å². The van der Waals surface area contributed by atoms with Gasteiger partial charge in [-0.25, -0.2) is 12.7 Å². The van der Waals surface area contributed by atoms with E-state index in [1.165, 1.54) is 23.5 Å². The Kier molecular flexibility index (Phi) is 5.49. The summed E-state index contributed by atoms with van der Waals surface area (Å²) in [6.45, 7) is 5.80. The van der Waals surface area contributed by atoms with Gasteiger partial charge in [-0.2, -0.15) is 0 Å². The largest absolute Gasteiger partial charge is 0.392 e. The zero-order chi connectivity index (χ0) is 15.7. The van der Waals surface area contributed by atoms with Crippen LogP contribution in [0.3, 0.4) is 0 Å². The molecular weight excluding hydrogens is 321 g/mol. The Labute approximate surface area is 130 Å². The van der Waals surface area contributed by atoms with Gasteiger partial charge in [0.05, 0.1) is 11.6 Å². The van der Waals surface area contributed by atoms with Crippen molar-refractivity contribution >= 4 is 33.2 Å². The molecule has 7 heteroatoms. The molecule has 0 radical (unpaired) electrons. The Morgan fingerprint density at radius 2 is 1.80 bits per heavy atom. The van der Waals surface area contributed by atoms with Crippen molar-refractivity contribution in [3.63, 3.8) is 0 Å². The number of halogens is 2. The molecule has 0 aliphatic carbocycles. The zero-order valence-corrected chi connectivity index (χ0v) is 14.3. The average molecular weight is 340 g/mol. The molecule has 0 bridgehead atoms. The summed E-state index contributed by atoms with van der Waals surface area (Å²) in [5.74, 6) is 0. The fourth-order valence-corrected chi connectivity index (χ4v) is 4.14. The molecule has 0 amide bonds. The molecule has 1 N–H and O–H groups in total. The second kappa shape index (κ2) is 6.20. The summed E-state index contributed by atoms with van der Waals surface area (Å²) in [5.41, 5.74) is 0.106. The topological polar surface area (TPSA) is 57.6 Å². The van der Waals surface area contributed by atoms with Crippen LogP contribution in [0.2, 0.25) is 10.0 Å². The second-order valence-corrected chi connectivity index (χ2v) is 8.68. The van der Waals surface area contributed by atoms with Crippen molar-refractivity contribution in [2.75, 3.05) is 13.6 Å². The molecule has 0 aromatic heterocycles. The van der Waals surface area contributed by atoms with E-state index in [-0.39, 0.29) is 27.0 Å². The van der Waals surface area contributed by atoms with Crippen LogP contribution in [0, 0.1) is 5.41 Å². The molecule has 0 spiro atoms.